The number of benzene rings is 2. The molecule has 1 N–H and O–H groups in total. The van der Waals surface area contributed by atoms with E-state index in [2.05, 4.69) is 16.4 Å². The molecule has 1 aromatic heterocycles. The van der Waals surface area contributed by atoms with Crippen molar-refractivity contribution in [2.75, 3.05) is 13.2 Å². The van der Waals surface area contributed by atoms with Crippen LogP contribution < -0.4 is 10.1 Å². The van der Waals surface area contributed by atoms with E-state index in [4.69, 9.17) is 16.3 Å². The largest absolute Gasteiger partial charge is 0.494 e. The Morgan fingerprint density at radius 1 is 1.00 bits per heavy atom. The van der Waals surface area contributed by atoms with Crippen LogP contribution in [-0.4, -0.2) is 18.1 Å². The van der Waals surface area contributed by atoms with Gasteiger partial charge in [-0.25, -0.2) is 0 Å². The summed E-state index contributed by atoms with van der Waals surface area (Å²) < 4.78 is 5.82. The molecular weight excluding hydrogens is 320 g/mol. The fourth-order valence-electron chi connectivity index (χ4n) is 2.52. The van der Waals surface area contributed by atoms with Gasteiger partial charge >= 0.3 is 0 Å². The summed E-state index contributed by atoms with van der Waals surface area (Å²) >= 11 is 5.88. The number of rotatable bonds is 8. The lowest BCUT2D eigenvalue weighted by Gasteiger charge is -2.08. The van der Waals surface area contributed by atoms with Crippen molar-refractivity contribution in [1.82, 2.24) is 10.3 Å². The molecule has 0 unspecified atom stereocenters. The highest BCUT2D eigenvalue weighted by Gasteiger charge is 1.98. The molecule has 0 aliphatic heterocycles. The van der Waals surface area contributed by atoms with E-state index in [1.54, 1.807) is 6.20 Å². The highest BCUT2D eigenvalue weighted by molar-refractivity contribution is 6.30. The third-order valence-electron chi connectivity index (χ3n) is 3.83. The number of hydrogen-bond acceptors (Lipinski definition) is 3. The van der Waals surface area contributed by atoms with Gasteiger partial charge in [-0.3, -0.25) is 4.98 Å². The van der Waals surface area contributed by atoms with Crippen LogP contribution in [0.2, 0.25) is 5.02 Å². The zero-order chi connectivity index (χ0) is 16.6. The van der Waals surface area contributed by atoms with Gasteiger partial charge in [0, 0.05) is 23.2 Å². The van der Waals surface area contributed by atoms with E-state index in [1.807, 2.05) is 48.5 Å². The van der Waals surface area contributed by atoms with E-state index in [0.717, 1.165) is 54.2 Å². The van der Waals surface area contributed by atoms with Gasteiger partial charge in [-0.15, -0.1) is 0 Å². The van der Waals surface area contributed by atoms with E-state index in [9.17, 15) is 0 Å². The Morgan fingerprint density at radius 3 is 2.75 bits per heavy atom. The predicted molar refractivity (Wildman–Crippen MR) is 99.6 cm³/mol. The van der Waals surface area contributed by atoms with Gasteiger partial charge in [-0.1, -0.05) is 29.8 Å². The molecule has 24 heavy (non-hydrogen) atoms. The number of hydrogen-bond donors (Lipinski definition) is 1. The van der Waals surface area contributed by atoms with Crippen LogP contribution in [0.15, 0.2) is 60.8 Å². The van der Waals surface area contributed by atoms with Gasteiger partial charge in [0.15, 0.2) is 0 Å². The van der Waals surface area contributed by atoms with E-state index in [0.29, 0.717) is 0 Å². The first kappa shape index (κ1) is 16.7. The molecule has 1 heterocycles. The number of fused-ring (bicyclic) bond motifs is 1. The van der Waals surface area contributed by atoms with Crippen LogP contribution in [0.5, 0.6) is 5.75 Å². The minimum absolute atomic E-state index is 0.731. The number of ether oxygens (including phenoxy) is 1. The van der Waals surface area contributed by atoms with Crippen LogP contribution in [0, 0.1) is 0 Å². The molecule has 124 valence electrons. The Balaban J connectivity index is 1.32. The second kappa shape index (κ2) is 8.67. The minimum atomic E-state index is 0.731. The number of unbranched alkanes of at least 4 members (excludes halogenated alkanes) is 1. The lowest BCUT2D eigenvalue weighted by Crippen LogP contribution is -2.15. The second-order valence-corrected chi connectivity index (χ2v) is 6.15. The third-order valence-corrected chi connectivity index (χ3v) is 4.09. The van der Waals surface area contributed by atoms with Crippen molar-refractivity contribution >= 4 is 22.5 Å². The van der Waals surface area contributed by atoms with Crippen molar-refractivity contribution in [2.45, 2.75) is 19.4 Å². The second-order valence-electron chi connectivity index (χ2n) is 5.72. The molecule has 0 bridgehead atoms. The fraction of sp³-hybridized carbons (Fsp3) is 0.250. The zero-order valence-electron chi connectivity index (χ0n) is 13.5. The molecule has 3 aromatic rings. The molecule has 2 aromatic carbocycles. The van der Waals surface area contributed by atoms with E-state index in [-0.39, 0.29) is 0 Å². The van der Waals surface area contributed by atoms with Crippen LogP contribution in [0.25, 0.3) is 10.9 Å². The first-order valence-electron chi connectivity index (χ1n) is 8.24. The highest BCUT2D eigenvalue weighted by atomic mass is 35.5. The molecule has 0 fully saturated rings. The van der Waals surface area contributed by atoms with E-state index >= 15 is 0 Å². The Bertz CT molecular complexity index is 774. The SMILES string of the molecule is Clc1ccc(CNCCCCOc2ccc3ncccc3c2)cc1. The number of halogens is 1. The Morgan fingerprint density at radius 2 is 1.88 bits per heavy atom. The molecule has 0 saturated carbocycles. The molecule has 3 nitrogen and oxygen atoms in total. The smallest absolute Gasteiger partial charge is 0.120 e. The Labute approximate surface area is 147 Å². The van der Waals surface area contributed by atoms with Crippen LogP contribution in [0.4, 0.5) is 0 Å². The average Bonchev–Trinajstić information content (AvgIpc) is 2.62. The lowest BCUT2D eigenvalue weighted by molar-refractivity contribution is 0.306. The van der Waals surface area contributed by atoms with Gasteiger partial charge in [0.1, 0.15) is 5.75 Å². The van der Waals surface area contributed by atoms with Crippen molar-refractivity contribution < 1.29 is 4.74 Å². The summed E-state index contributed by atoms with van der Waals surface area (Å²) in [6.07, 6.45) is 3.92. The fourth-order valence-corrected chi connectivity index (χ4v) is 2.65. The lowest BCUT2D eigenvalue weighted by atomic mass is 10.2. The third kappa shape index (κ3) is 4.95. The summed E-state index contributed by atoms with van der Waals surface area (Å²) in [5.41, 5.74) is 2.25. The zero-order valence-corrected chi connectivity index (χ0v) is 14.3. The summed E-state index contributed by atoms with van der Waals surface area (Å²) in [5.74, 6) is 0.907. The molecule has 3 rings (SSSR count). The van der Waals surface area contributed by atoms with Gasteiger partial charge in [0.05, 0.1) is 12.1 Å². The predicted octanol–water partition coefficient (Wildman–Crippen LogP) is 4.84. The molecule has 0 atom stereocenters. The monoisotopic (exact) mass is 340 g/mol. The maximum Gasteiger partial charge on any atom is 0.120 e. The van der Waals surface area contributed by atoms with Gasteiger partial charge in [-0.05, 0) is 61.3 Å². The van der Waals surface area contributed by atoms with E-state index < -0.39 is 0 Å². The molecular formula is C20H21ClN2O. The Hall–Kier alpha value is -2.10. The van der Waals surface area contributed by atoms with Crippen molar-refractivity contribution in [1.29, 1.82) is 0 Å². The van der Waals surface area contributed by atoms with Crippen LogP contribution >= 0.6 is 11.6 Å². The molecule has 0 saturated heterocycles. The summed E-state index contributed by atoms with van der Waals surface area (Å²) in [7, 11) is 0. The number of nitrogens with one attached hydrogen (secondary N) is 1. The Kier molecular flexibility index (Phi) is 6.05. The molecule has 0 aliphatic rings. The summed E-state index contributed by atoms with van der Waals surface area (Å²) in [5, 5.41) is 5.33. The summed E-state index contributed by atoms with van der Waals surface area (Å²) in [6.45, 7) is 2.58. The van der Waals surface area contributed by atoms with Crippen molar-refractivity contribution in [3.63, 3.8) is 0 Å². The molecule has 0 spiro atoms. The van der Waals surface area contributed by atoms with Crippen LogP contribution in [-0.2, 0) is 6.54 Å². The van der Waals surface area contributed by atoms with Crippen LogP contribution in [0.1, 0.15) is 18.4 Å². The van der Waals surface area contributed by atoms with Gasteiger partial charge in [-0.2, -0.15) is 0 Å². The quantitative estimate of drug-likeness (QED) is 0.596. The average molecular weight is 341 g/mol. The van der Waals surface area contributed by atoms with Gasteiger partial charge in [0.2, 0.25) is 0 Å². The topological polar surface area (TPSA) is 34.1 Å². The standard InChI is InChI=1S/C20H21ClN2O/c21-18-7-5-16(6-8-18)15-22-11-1-2-13-24-19-9-10-20-17(14-19)4-3-12-23-20/h3-10,12,14,22H,1-2,11,13,15H2. The maximum atomic E-state index is 5.88. The molecule has 0 radical (unpaired) electrons. The van der Waals surface area contributed by atoms with Crippen LogP contribution in [0.3, 0.4) is 0 Å². The highest BCUT2D eigenvalue weighted by Crippen LogP contribution is 2.19. The van der Waals surface area contributed by atoms with Crippen molar-refractivity contribution in [3.05, 3.63) is 71.4 Å². The molecule has 0 aliphatic carbocycles. The van der Waals surface area contributed by atoms with Gasteiger partial charge in [0.25, 0.3) is 0 Å². The summed E-state index contributed by atoms with van der Waals surface area (Å²) in [6, 6.07) is 18.0. The normalized spacial score (nSPS) is 10.9. The first-order valence-corrected chi connectivity index (χ1v) is 8.62. The number of pyridine rings is 1. The first-order chi connectivity index (χ1) is 11.8. The van der Waals surface area contributed by atoms with E-state index in [1.165, 1.54) is 5.56 Å². The van der Waals surface area contributed by atoms with Crippen molar-refractivity contribution in [2.24, 2.45) is 0 Å². The number of nitrogens with zero attached hydrogens (tertiary/aromatic N) is 1. The molecule has 0 amide bonds. The number of aromatic nitrogens is 1. The minimum Gasteiger partial charge on any atom is -0.494 e. The molecule has 4 heteroatoms. The summed E-state index contributed by atoms with van der Waals surface area (Å²) in [4.78, 5) is 4.31. The maximum absolute atomic E-state index is 5.88. The van der Waals surface area contributed by atoms with Crippen molar-refractivity contribution in [3.8, 4) is 5.75 Å². The van der Waals surface area contributed by atoms with Gasteiger partial charge < -0.3 is 10.1 Å².